The summed E-state index contributed by atoms with van der Waals surface area (Å²) in [6, 6.07) is 11.2. The zero-order chi connectivity index (χ0) is 40.6. The van der Waals surface area contributed by atoms with E-state index in [1.807, 2.05) is 64.4 Å². The lowest BCUT2D eigenvalue weighted by Gasteiger charge is -2.24. The third-order valence-electron chi connectivity index (χ3n) is 9.41. The molecule has 0 amide bonds. The van der Waals surface area contributed by atoms with Gasteiger partial charge in [-0.2, -0.15) is 0 Å². The number of ether oxygens (including phenoxy) is 2. The number of phosphoric acid groups is 1. The third-order valence-corrected chi connectivity index (χ3v) is 11.9. The molecule has 0 heterocycles. The summed E-state index contributed by atoms with van der Waals surface area (Å²) in [5, 5.41) is 1.64. The number of hydrogen-bond donors (Lipinski definition) is 2. The molecule has 0 radical (unpaired) electrons. The van der Waals surface area contributed by atoms with E-state index in [0.29, 0.717) is 35.5 Å². The Hall–Kier alpha value is -2.09. The standard InChI is InChI=1S/C41H72N3O9PS/c1-7-8-9-10-14-17-20-29-41(45)53-36(35-52-54(46,47)51-33-31-44(4,5)6)34-50-32-22-19-16-13-11-12-15-18-21-30-42-55(48,49)40-28-24-25-37-38(40)26-23-27-39(37)43(2)3/h23-28,36,42H,7-22,29-35H2,1-6H3/p+1/t36-/m1/s1. The summed E-state index contributed by atoms with van der Waals surface area (Å²) in [5.41, 5.74) is 0.984. The predicted molar refractivity (Wildman–Crippen MR) is 223 cm³/mol. The van der Waals surface area contributed by atoms with Gasteiger partial charge in [0.05, 0.1) is 39.3 Å². The molecule has 0 aliphatic rings. The van der Waals surface area contributed by atoms with Gasteiger partial charge in [0, 0.05) is 50.1 Å². The first kappa shape index (κ1) is 49.1. The first-order chi connectivity index (χ1) is 26.1. The van der Waals surface area contributed by atoms with Crippen molar-refractivity contribution in [3.63, 3.8) is 0 Å². The average molecular weight is 815 g/mol. The fourth-order valence-corrected chi connectivity index (χ4v) is 8.22. The maximum Gasteiger partial charge on any atom is 0.472 e. The summed E-state index contributed by atoms with van der Waals surface area (Å²) in [4.78, 5) is 25.0. The summed E-state index contributed by atoms with van der Waals surface area (Å²) in [7, 11) is 1.86. The number of carbonyl (C=O) groups is 1. The molecule has 1 unspecified atom stereocenters. The van der Waals surface area contributed by atoms with Crippen molar-refractivity contribution in [3.05, 3.63) is 36.4 Å². The molecule has 0 saturated heterocycles. The molecule has 2 aromatic rings. The van der Waals surface area contributed by atoms with Crippen LogP contribution in [0.5, 0.6) is 0 Å². The number of sulfonamides is 1. The number of hydrogen-bond acceptors (Lipinski definition) is 9. The summed E-state index contributed by atoms with van der Waals surface area (Å²) >= 11 is 0. The zero-order valence-electron chi connectivity index (χ0n) is 34.8. The van der Waals surface area contributed by atoms with Crippen LogP contribution < -0.4 is 9.62 Å². The lowest BCUT2D eigenvalue weighted by atomic mass is 10.1. The minimum atomic E-state index is -4.30. The minimum absolute atomic E-state index is 0.0615. The summed E-state index contributed by atoms with van der Waals surface area (Å²) < 4.78 is 63.8. The number of rotatable bonds is 33. The van der Waals surface area contributed by atoms with E-state index in [9.17, 15) is 22.7 Å². The van der Waals surface area contributed by atoms with E-state index in [1.165, 1.54) is 25.7 Å². The largest absolute Gasteiger partial charge is 0.472 e. The van der Waals surface area contributed by atoms with Crippen LogP contribution in [0.15, 0.2) is 41.3 Å². The molecule has 2 rings (SSSR count). The molecule has 2 N–H and O–H groups in total. The number of nitrogens with zero attached hydrogens (tertiary/aromatic N) is 2. The van der Waals surface area contributed by atoms with Crippen molar-refractivity contribution in [2.75, 3.05) is 79.7 Å². The van der Waals surface area contributed by atoms with Gasteiger partial charge in [0.25, 0.3) is 0 Å². The molecule has 0 spiro atoms. The molecule has 0 fully saturated rings. The molecule has 2 aromatic carbocycles. The fraction of sp³-hybridized carbons (Fsp3) is 0.732. The van der Waals surface area contributed by atoms with E-state index >= 15 is 0 Å². The highest BCUT2D eigenvalue weighted by Crippen LogP contribution is 2.43. The van der Waals surface area contributed by atoms with Gasteiger partial charge in [-0.1, -0.05) is 115 Å². The first-order valence-electron chi connectivity index (χ1n) is 20.5. The first-order valence-corrected chi connectivity index (χ1v) is 23.5. The number of anilines is 1. The van der Waals surface area contributed by atoms with Crippen LogP contribution in [-0.4, -0.2) is 105 Å². The normalized spacial score (nSPS) is 13.9. The number of phosphoric ester groups is 1. The molecule has 0 aliphatic heterocycles. The van der Waals surface area contributed by atoms with Gasteiger partial charge in [0.2, 0.25) is 10.0 Å². The topological polar surface area (TPSA) is 141 Å². The number of unbranched alkanes of at least 4 members (excludes halogenated alkanes) is 14. The lowest BCUT2D eigenvalue weighted by molar-refractivity contribution is -0.870. The Morgan fingerprint density at radius 2 is 1.36 bits per heavy atom. The lowest BCUT2D eigenvalue weighted by Crippen LogP contribution is -2.37. The van der Waals surface area contributed by atoms with Crippen molar-refractivity contribution in [1.82, 2.24) is 4.72 Å². The van der Waals surface area contributed by atoms with Crippen molar-refractivity contribution in [3.8, 4) is 0 Å². The zero-order valence-corrected chi connectivity index (χ0v) is 36.5. The van der Waals surface area contributed by atoms with Crippen molar-refractivity contribution in [1.29, 1.82) is 0 Å². The van der Waals surface area contributed by atoms with Crippen molar-refractivity contribution < 1.29 is 45.7 Å². The molecule has 0 bridgehead atoms. The third kappa shape index (κ3) is 21.9. The van der Waals surface area contributed by atoms with E-state index in [4.69, 9.17) is 18.5 Å². The van der Waals surface area contributed by atoms with Crippen LogP contribution in [0.3, 0.4) is 0 Å². The molecule has 14 heteroatoms. The highest BCUT2D eigenvalue weighted by molar-refractivity contribution is 7.89. The fourth-order valence-electron chi connectivity index (χ4n) is 6.19. The van der Waals surface area contributed by atoms with Crippen LogP contribution in [-0.2, 0) is 37.9 Å². The Morgan fingerprint density at radius 3 is 2.00 bits per heavy atom. The number of esters is 1. The summed E-state index contributed by atoms with van der Waals surface area (Å²) in [6.07, 6.45) is 16.3. The predicted octanol–water partition coefficient (Wildman–Crippen LogP) is 8.60. The van der Waals surface area contributed by atoms with E-state index in [0.717, 1.165) is 93.5 Å². The Bertz CT molecular complexity index is 1520. The maximum atomic E-state index is 13.1. The van der Waals surface area contributed by atoms with Gasteiger partial charge >= 0.3 is 13.8 Å². The van der Waals surface area contributed by atoms with Gasteiger partial charge < -0.3 is 23.8 Å². The summed E-state index contributed by atoms with van der Waals surface area (Å²) in [6.45, 7) is 3.49. The second-order valence-electron chi connectivity index (χ2n) is 15.8. The van der Waals surface area contributed by atoms with E-state index in [1.54, 1.807) is 12.1 Å². The Kier molecular flexibility index (Phi) is 23.9. The number of benzene rings is 2. The molecule has 0 saturated carbocycles. The number of quaternary nitrogens is 1. The van der Waals surface area contributed by atoms with Crippen LogP contribution in [0.4, 0.5) is 5.69 Å². The van der Waals surface area contributed by atoms with Gasteiger partial charge in [0.15, 0.2) is 0 Å². The van der Waals surface area contributed by atoms with Crippen LogP contribution in [0.2, 0.25) is 0 Å². The van der Waals surface area contributed by atoms with Gasteiger partial charge in [0.1, 0.15) is 19.3 Å². The van der Waals surface area contributed by atoms with Gasteiger partial charge in [-0.3, -0.25) is 13.8 Å². The Morgan fingerprint density at radius 1 is 0.782 bits per heavy atom. The Balaban J connectivity index is 1.62. The second kappa shape index (κ2) is 26.8. The van der Waals surface area contributed by atoms with E-state index in [-0.39, 0.29) is 25.8 Å². The molecule has 0 aliphatic carbocycles. The van der Waals surface area contributed by atoms with Crippen LogP contribution in [0.25, 0.3) is 10.8 Å². The number of likely N-dealkylation sites (N-methyl/N-ethyl adjacent to an activating group) is 1. The number of carbonyl (C=O) groups excluding carboxylic acids is 1. The van der Waals surface area contributed by atoms with Crippen molar-refractivity contribution in [2.45, 2.75) is 127 Å². The Labute approximate surface area is 332 Å². The monoisotopic (exact) mass is 814 g/mol. The molecular formula is C41H73N3O9PS+. The van der Waals surface area contributed by atoms with Gasteiger partial charge in [-0.15, -0.1) is 0 Å². The molecule has 0 aromatic heterocycles. The molecule has 55 heavy (non-hydrogen) atoms. The number of nitrogens with one attached hydrogen (secondary N) is 1. The summed E-state index contributed by atoms with van der Waals surface area (Å²) in [5.74, 6) is -0.356. The minimum Gasteiger partial charge on any atom is -0.457 e. The molecular weight excluding hydrogens is 742 g/mol. The van der Waals surface area contributed by atoms with Crippen LogP contribution >= 0.6 is 7.82 Å². The maximum absolute atomic E-state index is 13.1. The van der Waals surface area contributed by atoms with E-state index in [2.05, 4.69) is 11.6 Å². The van der Waals surface area contributed by atoms with Gasteiger partial charge in [-0.25, -0.2) is 17.7 Å². The average Bonchev–Trinajstić information content (AvgIpc) is 3.12. The van der Waals surface area contributed by atoms with E-state index < -0.39 is 23.9 Å². The van der Waals surface area contributed by atoms with Crippen molar-refractivity contribution >= 4 is 40.3 Å². The molecule has 316 valence electrons. The smallest absolute Gasteiger partial charge is 0.457 e. The van der Waals surface area contributed by atoms with Crippen LogP contribution in [0, 0.1) is 0 Å². The molecule has 12 nitrogen and oxygen atoms in total. The SMILES string of the molecule is CCCCCCCCCC(=O)O[C@H](COCCCCCCCCCCCNS(=O)(=O)c1cccc2c(N(C)C)cccc12)COP(=O)(O)OCC[N+](C)(C)C. The highest BCUT2D eigenvalue weighted by atomic mass is 32.2. The van der Waals surface area contributed by atoms with Crippen LogP contribution in [0.1, 0.15) is 116 Å². The highest BCUT2D eigenvalue weighted by Gasteiger charge is 2.26. The second-order valence-corrected chi connectivity index (χ2v) is 19.0. The quantitative estimate of drug-likeness (QED) is 0.0312. The van der Waals surface area contributed by atoms with Crippen molar-refractivity contribution in [2.24, 2.45) is 0 Å². The van der Waals surface area contributed by atoms with Gasteiger partial charge in [-0.05, 0) is 31.4 Å². The number of fused-ring (bicyclic) bond motifs is 1. The molecule has 2 atom stereocenters.